The molecule has 1 heterocycles. The van der Waals surface area contributed by atoms with Crippen molar-refractivity contribution in [1.82, 2.24) is 15.5 Å². The number of carbonyl (C=O) groups excluding carboxylic acids is 2. The molecular weight excluding hydrogens is 364 g/mol. The summed E-state index contributed by atoms with van der Waals surface area (Å²) in [6.45, 7) is 9.97. The predicted molar refractivity (Wildman–Crippen MR) is 110 cm³/mol. The molecule has 0 radical (unpaired) electrons. The van der Waals surface area contributed by atoms with Gasteiger partial charge in [-0.05, 0) is 63.7 Å². The molecule has 0 unspecified atom stereocenters. The zero-order chi connectivity index (χ0) is 19.8. The lowest BCUT2D eigenvalue weighted by molar-refractivity contribution is -0.117. The Balaban J connectivity index is 1.74. The summed E-state index contributed by atoms with van der Waals surface area (Å²) in [7, 11) is 0. The Morgan fingerprint density at radius 2 is 1.96 bits per heavy atom. The molecular formula is C20H31ClN4O2. The fourth-order valence-electron chi connectivity index (χ4n) is 3.36. The number of amides is 3. The topological polar surface area (TPSA) is 64.7 Å². The van der Waals surface area contributed by atoms with E-state index in [1.165, 1.54) is 0 Å². The molecule has 27 heavy (non-hydrogen) atoms. The zero-order valence-electron chi connectivity index (χ0n) is 16.5. The monoisotopic (exact) mass is 394 g/mol. The summed E-state index contributed by atoms with van der Waals surface area (Å²) in [5.41, 5.74) is 0.805. The molecule has 3 amide bonds. The van der Waals surface area contributed by atoms with Crippen molar-refractivity contribution in [3.05, 3.63) is 29.3 Å². The Hall–Kier alpha value is -1.79. The van der Waals surface area contributed by atoms with Crippen LogP contribution in [0.25, 0.3) is 0 Å². The van der Waals surface area contributed by atoms with Gasteiger partial charge in [0, 0.05) is 29.7 Å². The lowest BCUT2D eigenvalue weighted by Gasteiger charge is -2.21. The molecule has 2 atom stereocenters. The molecule has 1 aliphatic heterocycles. The average Bonchev–Trinajstić information content (AvgIpc) is 2.99. The summed E-state index contributed by atoms with van der Waals surface area (Å²) in [5.74, 6) is 0.00916. The van der Waals surface area contributed by atoms with Crippen molar-refractivity contribution in [2.24, 2.45) is 0 Å². The molecule has 0 bridgehead atoms. The van der Waals surface area contributed by atoms with Crippen LogP contribution in [-0.4, -0.2) is 55.1 Å². The van der Waals surface area contributed by atoms with Gasteiger partial charge in [0.1, 0.15) is 0 Å². The second-order valence-electron chi connectivity index (χ2n) is 7.07. The van der Waals surface area contributed by atoms with Crippen LogP contribution < -0.4 is 15.5 Å². The van der Waals surface area contributed by atoms with Gasteiger partial charge in [-0.25, -0.2) is 4.79 Å². The van der Waals surface area contributed by atoms with Crippen LogP contribution in [0.1, 0.15) is 40.0 Å². The minimum Gasteiger partial charge on any atom is -0.336 e. The third-order valence-electron chi connectivity index (χ3n) is 4.98. The molecule has 0 aromatic heterocycles. The Labute approximate surface area is 167 Å². The number of halogens is 1. The van der Waals surface area contributed by atoms with Gasteiger partial charge in [-0.3, -0.25) is 4.79 Å². The molecule has 150 valence electrons. The van der Waals surface area contributed by atoms with Crippen molar-refractivity contribution >= 4 is 29.2 Å². The van der Waals surface area contributed by atoms with E-state index in [-0.39, 0.29) is 24.0 Å². The first-order valence-electron chi connectivity index (χ1n) is 9.78. The van der Waals surface area contributed by atoms with Crippen molar-refractivity contribution in [1.29, 1.82) is 0 Å². The number of hydrogen-bond donors (Lipinski definition) is 2. The maximum absolute atomic E-state index is 12.3. The van der Waals surface area contributed by atoms with Crippen molar-refractivity contribution in [3.63, 3.8) is 0 Å². The highest BCUT2D eigenvalue weighted by atomic mass is 35.5. The van der Waals surface area contributed by atoms with Crippen LogP contribution >= 0.6 is 11.6 Å². The van der Waals surface area contributed by atoms with Crippen molar-refractivity contribution in [2.75, 3.05) is 31.1 Å². The minimum absolute atomic E-state index is 0.00916. The van der Waals surface area contributed by atoms with Crippen LogP contribution in [0.15, 0.2) is 24.3 Å². The van der Waals surface area contributed by atoms with Crippen molar-refractivity contribution in [3.8, 4) is 0 Å². The van der Waals surface area contributed by atoms with E-state index in [1.807, 2.05) is 19.1 Å². The van der Waals surface area contributed by atoms with Crippen LogP contribution in [-0.2, 0) is 4.79 Å². The van der Waals surface area contributed by atoms with E-state index in [1.54, 1.807) is 17.0 Å². The van der Waals surface area contributed by atoms with E-state index in [9.17, 15) is 9.59 Å². The van der Waals surface area contributed by atoms with Gasteiger partial charge in [0.05, 0.1) is 6.04 Å². The quantitative estimate of drug-likeness (QED) is 0.675. The second kappa shape index (κ2) is 10.5. The molecule has 1 aromatic rings. The summed E-state index contributed by atoms with van der Waals surface area (Å²) in [6.07, 6.45) is 2.30. The van der Waals surface area contributed by atoms with Gasteiger partial charge in [0.15, 0.2) is 0 Å². The molecule has 0 spiro atoms. The van der Waals surface area contributed by atoms with Gasteiger partial charge in [-0.2, -0.15) is 0 Å². The number of anilines is 1. The maximum Gasteiger partial charge on any atom is 0.315 e. The van der Waals surface area contributed by atoms with Gasteiger partial charge in [0.25, 0.3) is 0 Å². The summed E-state index contributed by atoms with van der Waals surface area (Å²) < 4.78 is 0. The summed E-state index contributed by atoms with van der Waals surface area (Å²) in [5, 5.41) is 6.54. The predicted octanol–water partition coefficient (Wildman–Crippen LogP) is 3.26. The number of carbonyl (C=O) groups is 2. The van der Waals surface area contributed by atoms with E-state index in [0.29, 0.717) is 18.0 Å². The van der Waals surface area contributed by atoms with Crippen molar-refractivity contribution in [2.45, 2.75) is 52.1 Å². The Morgan fingerprint density at radius 3 is 2.59 bits per heavy atom. The highest BCUT2D eigenvalue weighted by molar-refractivity contribution is 6.30. The maximum atomic E-state index is 12.3. The third-order valence-corrected chi connectivity index (χ3v) is 5.23. The van der Waals surface area contributed by atoms with E-state index >= 15 is 0 Å². The average molecular weight is 395 g/mol. The molecule has 2 N–H and O–H groups in total. The van der Waals surface area contributed by atoms with Gasteiger partial charge < -0.3 is 20.4 Å². The number of hydrogen-bond acceptors (Lipinski definition) is 3. The zero-order valence-corrected chi connectivity index (χ0v) is 17.3. The summed E-state index contributed by atoms with van der Waals surface area (Å²) >= 11 is 5.90. The number of benzene rings is 1. The van der Waals surface area contributed by atoms with Gasteiger partial charge >= 0.3 is 6.03 Å². The van der Waals surface area contributed by atoms with E-state index in [0.717, 1.165) is 38.2 Å². The molecule has 0 saturated carbocycles. The fourth-order valence-corrected chi connectivity index (χ4v) is 3.48. The third kappa shape index (κ3) is 6.70. The largest absolute Gasteiger partial charge is 0.336 e. The number of urea groups is 1. The highest BCUT2D eigenvalue weighted by Gasteiger charge is 2.31. The minimum atomic E-state index is -0.207. The first-order chi connectivity index (χ1) is 12.9. The molecule has 1 aromatic carbocycles. The SMILES string of the molecule is CCN(CC)CCC[C@@H](C)NC(=O)N[C@H]1CC(=O)N(c2ccc(Cl)cc2)C1. The lowest BCUT2D eigenvalue weighted by Crippen LogP contribution is -2.46. The van der Waals surface area contributed by atoms with Crippen LogP contribution in [0.5, 0.6) is 0 Å². The van der Waals surface area contributed by atoms with Crippen LogP contribution in [0.3, 0.4) is 0 Å². The van der Waals surface area contributed by atoms with Crippen LogP contribution in [0.4, 0.5) is 10.5 Å². The molecule has 6 nitrogen and oxygen atoms in total. The van der Waals surface area contributed by atoms with Crippen LogP contribution in [0, 0.1) is 0 Å². The Kier molecular flexibility index (Phi) is 8.38. The van der Waals surface area contributed by atoms with Gasteiger partial charge in [-0.15, -0.1) is 0 Å². The van der Waals surface area contributed by atoms with Gasteiger partial charge in [0.2, 0.25) is 5.91 Å². The highest BCUT2D eigenvalue weighted by Crippen LogP contribution is 2.23. The first-order valence-corrected chi connectivity index (χ1v) is 10.2. The number of nitrogens with zero attached hydrogens (tertiary/aromatic N) is 2. The number of rotatable bonds is 9. The Bertz CT molecular complexity index is 619. The van der Waals surface area contributed by atoms with E-state index in [2.05, 4.69) is 29.4 Å². The fraction of sp³-hybridized carbons (Fsp3) is 0.600. The molecule has 1 aliphatic rings. The standard InChI is InChI=1S/C20H31ClN4O2/c1-4-24(5-2)12-6-7-15(3)22-20(27)23-17-13-19(26)25(14-17)18-10-8-16(21)9-11-18/h8-11,15,17H,4-7,12-14H2,1-3H3,(H2,22,23,27)/t15-,17+/m1/s1. The van der Waals surface area contributed by atoms with Crippen LogP contribution in [0.2, 0.25) is 5.02 Å². The lowest BCUT2D eigenvalue weighted by atomic mass is 10.2. The molecule has 2 rings (SSSR count). The van der Waals surface area contributed by atoms with E-state index in [4.69, 9.17) is 11.6 Å². The molecule has 0 aliphatic carbocycles. The molecule has 1 fully saturated rings. The van der Waals surface area contributed by atoms with Gasteiger partial charge in [-0.1, -0.05) is 25.4 Å². The second-order valence-corrected chi connectivity index (χ2v) is 7.51. The number of nitrogens with one attached hydrogen (secondary N) is 2. The normalized spacial score (nSPS) is 18.0. The first kappa shape index (κ1) is 21.5. The molecule has 7 heteroatoms. The summed E-state index contributed by atoms with van der Waals surface area (Å²) in [4.78, 5) is 28.6. The summed E-state index contributed by atoms with van der Waals surface area (Å²) in [6, 6.07) is 6.87. The Morgan fingerprint density at radius 1 is 1.30 bits per heavy atom. The smallest absolute Gasteiger partial charge is 0.315 e. The van der Waals surface area contributed by atoms with Crippen molar-refractivity contribution < 1.29 is 9.59 Å². The van der Waals surface area contributed by atoms with E-state index < -0.39 is 0 Å². The molecule has 1 saturated heterocycles.